The number of anilines is 1. The molecule has 0 aromatic carbocycles. The van der Waals surface area contributed by atoms with Gasteiger partial charge >= 0.3 is 0 Å². The zero-order chi connectivity index (χ0) is 18.6. The summed E-state index contributed by atoms with van der Waals surface area (Å²) in [6.07, 6.45) is 8.48. The number of rotatable bonds is 7. The normalized spacial score (nSPS) is 20.2. The molecule has 1 saturated heterocycles. The van der Waals surface area contributed by atoms with Crippen LogP contribution in [0.1, 0.15) is 52.4 Å². The highest BCUT2D eigenvalue weighted by molar-refractivity contribution is 7.89. The second kappa shape index (κ2) is 8.67. The van der Waals surface area contributed by atoms with E-state index in [1.54, 1.807) is 6.07 Å². The maximum absolute atomic E-state index is 12.5. The van der Waals surface area contributed by atoms with Crippen molar-refractivity contribution in [3.63, 3.8) is 0 Å². The van der Waals surface area contributed by atoms with E-state index in [4.69, 9.17) is 0 Å². The average molecular weight is 381 g/mol. The van der Waals surface area contributed by atoms with E-state index in [2.05, 4.69) is 19.5 Å². The van der Waals surface area contributed by atoms with Crippen LogP contribution in [0.15, 0.2) is 23.2 Å². The van der Waals surface area contributed by atoms with Crippen molar-refractivity contribution in [2.24, 2.45) is 0 Å². The van der Waals surface area contributed by atoms with E-state index in [1.165, 1.54) is 31.9 Å². The molecule has 0 bridgehead atoms. The molecule has 0 amide bonds. The van der Waals surface area contributed by atoms with Gasteiger partial charge in [0.1, 0.15) is 10.7 Å². The van der Waals surface area contributed by atoms with Crippen molar-refractivity contribution in [3.8, 4) is 0 Å². The van der Waals surface area contributed by atoms with Gasteiger partial charge in [0.05, 0.1) is 0 Å². The van der Waals surface area contributed by atoms with E-state index < -0.39 is 10.0 Å². The molecule has 1 aromatic heterocycles. The molecule has 2 fully saturated rings. The van der Waals surface area contributed by atoms with Crippen LogP contribution in [0.5, 0.6) is 0 Å². The van der Waals surface area contributed by atoms with Gasteiger partial charge in [-0.2, -0.15) is 0 Å². The number of aromatic nitrogens is 1. The first kappa shape index (κ1) is 19.6. The van der Waals surface area contributed by atoms with Crippen LogP contribution < -0.4 is 9.62 Å². The van der Waals surface area contributed by atoms with E-state index in [0.717, 1.165) is 50.9 Å². The van der Waals surface area contributed by atoms with Crippen LogP contribution in [0.25, 0.3) is 0 Å². The van der Waals surface area contributed by atoms with Gasteiger partial charge in [-0.15, -0.1) is 0 Å². The Labute approximate surface area is 158 Å². The Hall–Kier alpha value is -1.18. The van der Waals surface area contributed by atoms with Gasteiger partial charge in [0, 0.05) is 44.5 Å². The highest BCUT2D eigenvalue weighted by atomic mass is 32.2. The topological polar surface area (TPSA) is 65.5 Å². The van der Waals surface area contributed by atoms with Gasteiger partial charge in [0.2, 0.25) is 10.0 Å². The molecule has 1 N–H and O–H groups in total. The SMILES string of the molecule is CCC(CC)NS(=O)(=O)c1ccc(N2CCN(C3CCCC3)CC2)nc1. The minimum absolute atomic E-state index is 0.0247. The van der Waals surface area contributed by atoms with Crippen LogP contribution in [-0.2, 0) is 10.0 Å². The smallest absolute Gasteiger partial charge is 0.242 e. The summed E-state index contributed by atoms with van der Waals surface area (Å²) in [4.78, 5) is 9.56. The van der Waals surface area contributed by atoms with Gasteiger partial charge in [-0.1, -0.05) is 26.7 Å². The molecule has 1 saturated carbocycles. The van der Waals surface area contributed by atoms with Crippen molar-refractivity contribution in [2.75, 3.05) is 31.1 Å². The quantitative estimate of drug-likeness (QED) is 0.788. The predicted molar refractivity (Wildman–Crippen MR) is 105 cm³/mol. The number of hydrogen-bond acceptors (Lipinski definition) is 5. The van der Waals surface area contributed by atoms with Gasteiger partial charge in [-0.3, -0.25) is 4.90 Å². The van der Waals surface area contributed by atoms with Crippen LogP contribution in [-0.4, -0.2) is 56.6 Å². The predicted octanol–water partition coefficient (Wildman–Crippen LogP) is 2.61. The summed E-state index contributed by atoms with van der Waals surface area (Å²) in [6, 6.07) is 4.26. The molecule has 6 nitrogen and oxygen atoms in total. The van der Waals surface area contributed by atoms with Crippen LogP contribution in [0.2, 0.25) is 0 Å². The van der Waals surface area contributed by atoms with Gasteiger partial charge in [0.15, 0.2) is 0 Å². The number of hydrogen-bond donors (Lipinski definition) is 1. The standard InChI is InChI=1S/C19H32N4O2S/c1-3-16(4-2)21-26(24,25)18-9-10-19(20-15-18)23-13-11-22(12-14-23)17-7-5-6-8-17/h9-10,15-17,21H,3-8,11-14H2,1-2H3. The highest BCUT2D eigenvalue weighted by Gasteiger charge is 2.26. The lowest BCUT2D eigenvalue weighted by molar-refractivity contribution is 0.187. The summed E-state index contributed by atoms with van der Waals surface area (Å²) < 4.78 is 27.7. The molecule has 3 rings (SSSR count). The van der Waals surface area contributed by atoms with E-state index >= 15 is 0 Å². The Morgan fingerprint density at radius 3 is 2.31 bits per heavy atom. The number of pyridine rings is 1. The van der Waals surface area contributed by atoms with Crippen LogP contribution in [0.3, 0.4) is 0 Å². The summed E-state index contributed by atoms with van der Waals surface area (Å²) in [6.45, 7) is 8.04. The molecule has 1 aromatic rings. The van der Waals surface area contributed by atoms with Crippen molar-refractivity contribution in [1.82, 2.24) is 14.6 Å². The zero-order valence-corrected chi connectivity index (χ0v) is 16.8. The molecule has 0 radical (unpaired) electrons. The Morgan fingerprint density at radius 1 is 1.12 bits per heavy atom. The average Bonchev–Trinajstić information content (AvgIpc) is 3.21. The first-order valence-electron chi connectivity index (χ1n) is 10.0. The lowest BCUT2D eigenvalue weighted by Crippen LogP contribution is -2.50. The third kappa shape index (κ3) is 4.56. The number of nitrogens with zero attached hydrogens (tertiary/aromatic N) is 3. The third-order valence-electron chi connectivity index (χ3n) is 5.82. The van der Waals surface area contributed by atoms with Crippen molar-refractivity contribution < 1.29 is 8.42 Å². The largest absolute Gasteiger partial charge is 0.354 e. The number of nitrogens with one attached hydrogen (secondary N) is 1. The van der Waals surface area contributed by atoms with E-state index in [0.29, 0.717) is 0 Å². The minimum Gasteiger partial charge on any atom is -0.354 e. The summed E-state index contributed by atoms with van der Waals surface area (Å²) in [7, 11) is -3.49. The van der Waals surface area contributed by atoms with Crippen molar-refractivity contribution in [1.29, 1.82) is 0 Å². The molecule has 26 heavy (non-hydrogen) atoms. The molecular weight excluding hydrogens is 348 g/mol. The fourth-order valence-corrected chi connectivity index (χ4v) is 5.39. The van der Waals surface area contributed by atoms with E-state index in [-0.39, 0.29) is 10.9 Å². The monoisotopic (exact) mass is 380 g/mol. The molecular formula is C19H32N4O2S. The Balaban J connectivity index is 1.59. The Morgan fingerprint density at radius 2 is 1.77 bits per heavy atom. The second-order valence-corrected chi connectivity index (χ2v) is 9.16. The third-order valence-corrected chi connectivity index (χ3v) is 7.32. The molecule has 0 unspecified atom stereocenters. The van der Waals surface area contributed by atoms with Crippen LogP contribution in [0, 0.1) is 0 Å². The summed E-state index contributed by atoms with van der Waals surface area (Å²) >= 11 is 0. The summed E-state index contributed by atoms with van der Waals surface area (Å²) in [5, 5.41) is 0. The maximum Gasteiger partial charge on any atom is 0.242 e. The first-order valence-corrected chi connectivity index (χ1v) is 11.5. The molecule has 1 aliphatic carbocycles. The fraction of sp³-hybridized carbons (Fsp3) is 0.737. The summed E-state index contributed by atoms with van der Waals surface area (Å²) in [5.74, 6) is 0.873. The molecule has 2 heterocycles. The van der Waals surface area contributed by atoms with Crippen LogP contribution >= 0.6 is 0 Å². The minimum atomic E-state index is -3.49. The fourth-order valence-electron chi connectivity index (χ4n) is 4.05. The summed E-state index contributed by atoms with van der Waals surface area (Å²) in [5.41, 5.74) is 0. The lowest BCUT2D eigenvalue weighted by Gasteiger charge is -2.38. The first-order chi connectivity index (χ1) is 12.5. The van der Waals surface area contributed by atoms with Gasteiger partial charge in [-0.25, -0.2) is 18.1 Å². The molecule has 2 aliphatic rings. The van der Waals surface area contributed by atoms with Gasteiger partial charge in [0.25, 0.3) is 0 Å². The Bertz CT molecular complexity index is 659. The lowest BCUT2D eigenvalue weighted by atomic mass is 10.2. The Kier molecular flexibility index (Phi) is 6.53. The van der Waals surface area contributed by atoms with E-state index in [9.17, 15) is 8.42 Å². The molecule has 0 spiro atoms. The molecule has 0 atom stereocenters. The maximum atomic E-state index is 12.5. The number of sulfonamides is 1. The molecule has 1 aliphatic heterocycles. The second-order valence-electron chi connectivity index (χ2n) is 7.45. The van der Waals surface area contributed by atoms with Crippen molar-refractivity contribution in [2.45, 2.75) is 69.4 Å². The van der Waals surface area contributed by atoms with Gasteiger partial charge in [-0.05, 0) is 37.8 Å². The molecule has 7 heteroatoms. The van der Waals surface area contributed by atoms with Gasteiger partial charge < -0.3 is 4.90 Å². The number of piperazine rings is 1. The molecule has 146 valence electrons. The van der Waals surface area contributed by atoms with E-state index in [1.807, 2.05) is 19.9 Å². The van der Waals surface area contributed by atoms with Crippen molar-refractivity contribution >= 4 is 15.8 Å². The van der Waals surface area contributed by atoms with Crippen LogP contribution in [0.4, 0.5) is 5.82 Å². The van der Waals surface area contributed by atoms with Crippen molar-refractivity contribution in [3.05, 3.63) is 18.3 Å². The zero-order valence-electron chi connectivity index (χ0n) is 16.0. The highest BCUT2D eigenvalue weighted by Crippen LogP contribution is 2.25.